The minimum absolute atomic E-state index is 0.818. The predicted octanol–water partition coefficient (Wildman–Crippen LogP) is 1.57. The molecule has 12 heavy (non-hydrogen) atoms. The van der Waals surface area contributed by atoms with Crippen LogP contribution in [0.5, 0.6) is 0 Å². The average molecular weight is 172 g/mol. The van der Waals surface area contributed by atoms with E-state index in [2.05, 4.69) is 24.1 Å². The van der Waals surface area contributed by atoms with E-state index in [0.717, 1.165) is 5.92 Å². The second kappa shape index (κ2) is 7.56. The van der Waals surface area contributed by atoms with Crippen LogP contribution < -0.4 is 5.32 Å². The molecule has 1 aliphatic rings. The van der Waals surface area contributed by atoms with E-state index in [-0.39, 0.29) is 0 Å². The third kappa shape index (κ3) is 5.56. The fourth-order valence-corrected chi connectivity index (χ4v) is 1.41. The van der Waals surface area contributed by atoms with Crippen LogP contribution in [0, 0.1) is 5.92 Å². The fourth-order valence-electron chi connectivity index (χ4n) is 1.41. The molecular weight excluding hydrogens is 148 g/mol. The van der Waals surface area contributed by atoms with Gasteiger partial charge in [0.15, 0.2) is 0 Å². The molecule has 0 aromatic rings. The largest absolute Gasteiger partial charge is 0.314 e. The van der Waals surface area contributed by atoms with Crippen LogP contribution in [0.25, 0.3) is 0 Å². The Kier molecular flexibility index (Phi) is 7.51. The van der Waals surface area contributed by atoms with Crippen molar-refractivity contribution >= 4 is 0 Å². The third-order valence-corrected chi connectivity index (χ3v) is 1.83. The Bertz CT molecular complexity index is 85.8. The Morgan fingerprint density at radius 2 is 1.67 bits per heavy atom. The van der Waals surface area contributed by atoms with Crippen molar-refractivity contribution in [2.75, 3.05) is 32.7 Å². The van der Waals surface area contributed by atoms with E-state index in [4.69, 9.17) is 0 Å². The highest BCUT2D eigenvalue weighted by molar-refractivity contribution is 4.67. The highest BCUT2D eigenvalue weighted by atomic mass is 15.2. The first kappa shape index (κ1) is 11.9. The number of hydrogen-bond acceptors (Lipinski definition) is 2. The number of nitrogens with zero attached hydrogens (tertiary/aromatic N) is 1. The first-order valence-corrected chi connectivity index (χ1v) is 5.22. The van der Waals surface area contributed by atoms with Crippen LogP contribution in [0.2, 0.25) is 0 Å². The molecule has 1 aliphatic heterocycles. The SMILES string of the molecule is CC.CC(C)CN1CCNCC1. The molecule has 0 radical (unpaired) electrons. The number of piperazine rings is 1. The van der Waals surface area contributed by atoms with Crippen LogP contribution in [0.1, 0.15) is 27.7 Å². The minimum Gasteiger partial charge on any atom is -0.314 e. The van der Waals surface area contributed by atoms with Crippen LogP contribution in [-0.2, 0) is 0 Å². The van der Waals surface area contributed by atoms with Crippen molar-refractivity contribution < 1.29 is 0 Å². The summed E-state index contributed by atoms with van der Waals surface area (Å²) >= 11 is 0. The molecule has 1 N–H and O–H groups in total. The lowest BCUT2D eigenvalue weighted by atomic mass is 10.2. The van der Waals surface area contributed by atoms with Crippen molar-refractivity contribution in [3.8, 4) is 0 Å². The molecule has 0 spiro atoms. The van der Waals surface area contributed by atoms with Crippen LogP contribution in [0.3, 0.4) is 0 Å². The average Bonchev–Trinajstić information content (AvgIpc) is 2.08. The summed E-state index contributed by atoms with van der Waals surface area (Å²) in [5.41, 5.74) is 0. The standard InChI is InChI=1S/C8H18N2.C2H6/c1-8(2)7-10-5-3-9-4-6-10;1-2/h8-9H,3-7H2,1-2H3;1-2H3. The fraction of sp³-hybridized carbons (Fsp3) is 1.00. The summed E-state index contributed by atoms with van der Waals surface area (Å²) in [6, 6.07) is 0. The summed E-state index contributed by atoms with van der Waals surface area (Å²) in [6.45, 7) is 14.6. The Morgan fingerprint density at radius 3 is 2.08 bits per heavy atom. The Hall–Kier alpha value is -0.0800. The molecule has 0 aromatic heterocycles. The molecule has 1 heterocycles. The van der Waals surface area contributed by atoms with Gasteiger partial charge in [0, 0.05) is 32.7 Å². The maximum absolute atomic E-state index is 3.35. The van der Waals surface area contributed by atoms with Crippen LogP contribution in [0.4, 0.5) is 0 Å². The molecule has 1 rings (SSSR count). The first-order valence-electron chi connectivity index (χ1n) is 5.22. The molecule has 1 fully saturated rings. The third-order valence-electron chi connectivity index (χ3n) is 1.83. The van der Waals surface area contributed by atoms with E-state index in [1.54, 1.807) is 0 Å². The molecule has 0 bridgehead atoms. The summed E-state index contributed by atoms with van der Waals surface area (Å²) in [7, 11) is 0. The lowest BCUT2D eigenvalue weighted by molar-refractivity contribution is 0.217. The summed E-state index contributed by atoms with van der Waals surface area (Å²) < 4.78 is 0. The van der Waals surface area contributed by atoms with Crippen molar-refractivity contribution in [2.24, 2.45) is 5.92 Å². The number of rotatable bonds is 2. The van der Waals surface area contributed by atoms with Crippen LogP contribution in [0.15, 0.2) is 0 Å². The Balaban J connectivity index is 0.000000561. The second-order valence-corrected chi connectivity index (χ2v) is 3.44. The van der Waals surface area contributed by atoms with E-state index < -0.39 is 0 Å². The summed E-state index contributed by atoms with van der Waals surface area (Å²) in [5, 5.41) is 3.35. The van der Waals surface area contributed by atoms with Gasteiger partial charge in [-0.1, -0.05) is 27.7 Å². The van der Waals surface area contributed by atoms with Crippen molar-refractivity contribution in [2.45, 2.75) is 27.7 Å². The molecule has 74 valence electrons. The zero-order valence-electron chi connectivity index (χ0n) is 9.06. The van der Waals surface area contributed by atoms with Gasteiger partial charge in [-0.05, 0) is 5.92 Å². The number of nitrogens with one attached hydrogen (secondary N) is 1. The maximum atomic E-state index is 3.35. The molecule has 0 aliphatic carbocycles. The van der Waals surface area contributed by atoms with Gasteiger partial charge in [-0.2, -0.15) is 0 Å². The van der Waals surface area contributed by atoms with Gasteiger partial charge in [0.05, 0.1) is 0 Å². The summed E-state index contributed by atoms with van der Waals surface area (Å²) in [6.07, 6.45) is 0. The monoisotopic (exact) mass is 172 g/mol. The number of hydrogen-bond donors (Lipinski definition) is 1. The summed E-state index contributed by atoms with van der Waals surface area (Å²) in [4.78, 5) is 2.53. The van der Waals surface area contributed by atoms with E-state index in [0.29, 0.717) is 0 Å². The lowest BCUT2D eigenvalue weighted by Crippen LogP contribution is -2.44. The van der Waals surface area contributed by atoms with E-state index in [9.17, 15) is 0 Å². The zero-order valence-corrected chi connectivity index (χ0v) is 9.06. The van der Waals surface area contributed by atoms with E-state index >= 15 is 0 Å². The van der Waals surface area contributed by atoms with Gasteiger partial charge in [-0.15, -0.1) is 0 Å². The molecule has 0 atom stereocenters. The van der Waals surface area contributed by atoms with Gasteiger partial charge < -0.3 is 10.2 Å². The van der Waals surface area contributed by atoms with Crippen molar-refractivity contribution in [1.82, 2.24) is 10.2 Å². The molecule has 0 unspecified atom stereocenters. The lowest BCUT2D eigenvalue weighted by Gasteiger charge is -2.28. The normalized spacial score (nSPS) is 18.8. The molecule has 0 aromatic carbocycles. The molecule has 1 saturated heterocycles. The van der Waals surface area contributed by atoms with Crippen molar-refractivity contribution in [1.29, 1.82) is 0 Å². The highest BCUT2D eigenvalue weighted by Crippen LogP contribution is 1.98. The summed E-state index contributed by atoms with van der Waals surface area (Å²) in [5.74, 6) is 0.818. The minimum atomic E-state index is 0.818. The Labute approximate surface area is 77.3 Å². The topological polar surface area (TPSA) is 15.3 Å². The first-order chi connectivity index (χ1) is 5.79. The zero-order chi connectivity index (χ0) is 9.40. The van der Waals surface area contributed by atoms with Gasteiger partial charge in [-0.25, -0.2) is 0 Å². The molecular formula is C10H24N2. The van der Waals surface area contributed by atoms with E-state index in [1.165, 1.54) is 32.7 Å². The molecule has 0 saturated carbocycles. The molecule has 0 amide bonds. The van der Waals surface area contributed by atoms with Crippen LogP contribution >= 0.6 is 0 Å². The smallest absolute Gasteiger partial charge is 0.0107 e. The van der Waals surface area contributed by atoms with Gasteiger partial charge in [0.25, 0.3) is 0 Å². The maximum Gasteiger partial charge on any atom is 0.0107 e. The Morgan fingerprint density at radius 1 is 1.17 bits per heavy atom. The van der Waals surface area contributed by atoms with Gasteiger partial charge in [0.1, 0.15) is 0 Å². The van der Waals surface area contributed by atoms with Gasteiger partial charge in [-0.3, -0.25) is 0 Å². The van der Waals surface area contributed by atoms with Crippen molar-refractivity contribution in [3.63, 3.8) is 0 Å². The highest BCUT2D eigenvalue weighted by Gasteiger charge is 2.09. The molecule has 2 nitrogen and oxygen atoms in total. The van der Waals surface area contributed by atoms with Crippen molar-refractivity contribution in [3.05, 3.63) is 0 Å². The van der Waals surface area contributed by atoms with Crippen LogP contribution in [-0.4, -0.2) is 37.6 Å². The predicted molar refractivity (Wildman–Crippen MR) is 55.5 cm³/mol. The molecule has 2 heteroatoms. The van der Waals surface area contributed by atoms with Gasteiger partial charge >= 0.3 is 0 Å². The van der Waals surface area contributed by atoms with E-state index in [1.807, 2.05) is 13.8 Å². The second-order valence-electron chi connectivity index (χ2n) is 3.44. The van der Waals surface area contributed by atoms with Gasteiger partial charge in [0.2, 0.25) is 0 Å². The quantitative estimate of drug-likeness (QED) is 0.680.